The molecule has 0 aliphatic carbocycles. The molecule has 5 nitrogen and oxygen atoms in total. The van der Waals surface area contributed by atoms with Gasteiger partial charge in [0, 0.05) is 6.54 Å². The normalized spacial score (nSPS) is 19.7. The van der Waals surface area contributed by atoms with Gasteiger partial charge in [-0.25, -0.2) is 0 Å². The van der Waals surface area contributed by atoms with Crippen molar-refractivity contribution in [1.82, 2.24) is 15.3 Å². The Morgan fingerprint density at radius 3 is 3.25 bits per heavy atom. The molecule has 16 heavy (non-hydrogen) atoms. The van der Waals surface area contributed by atoms with Crippen molar-refractivity contribution >= 4 is 5.82 Å². The summed E-state index contributed by atoms with van der Waals surface area (Å²) in [4.78, 5) is 8.39. The van der Waals surface area contributed by atoms with Gasteiger partial charge >= 0.3 is 0 Å². The average molecular weight is 222 g/mol. The molecule has 5 heteroatoms. The summed E-state index contributed by atoms with van der Waals surface area (Å²) in [6.07, 6.45) is 4.59. The highest BCUT2D eigenvalue weighted by Gasteiger charge is 2.13. The second-order valence-electron chi connectivity index (χ2n) is 3.92. The van der Waals surface area contributed by atoms with E-state index in [1.807, 2.05) is 6.92 Å². The maximum atomic E-state index is 5.29. The molecule has 1 fully saturated rings. The summed E-state index contributed by atoms with van der Waals surface area (Å²) in [5.41, 5.74) is 0. The highest BCUT2D eigenvalue weighted by atomic mass is 16.5. The number of hydrogen-bond acceptors (Lipinski definition) is 5. The van der Waals surface area contributed by atoms with Crippen molar-refractivity contribution in [3.8, 4) is 5.88 Å². The van der Waals surface area contributed by atoms with E-state index in [9.17, 15) is 0 Å². The Labute approximate surface area is 95.6 Å². The second-order valence-corrected chi connectivity index (χ2v) is 3.92. The van der Waals surface area contributed by atoms with Crippen LogP contribution in [0.15, 0.2) is 12.4 Å². The number of aromatic nitrogens is 2. The van der Waals surface area contributed by atoms with Crippen LogP contribution in [0.1, 0.15) is 13.3 Å². The van der Waals surface area contributed by atoms with Gasteiger partial charge in [-0.2, -0.15) is 4.98 Å². The van der Waals surface area contributed by atoms with Crippen molar-refractivity contribution in [2.75, 3.05) is 31.6 Å². The van der Waals surface area contributed by atoms with Crippen molar-refractivity contribution in [1.29, 1.82) is 0 Å². The molecule has 2 heterocycles. The van der Waals surface area contributed by atoms with Crippen LogP contribution >= 0.6 is 0 Å². The monoisotopic (exact) mass is 222 g/mol. The quantitative estimate of drug-likeness (QED) is 0.775. The molecule has 0 saturated carbocycles. The third kappa shape index (κ3) is 3.06. The minimum atomic E-state index is 0.581. The molecular formula is C11H18N4O. The van der Waals surface area contributed by atoms with Gasteiger partial charge in [-0.05, 0) is 32.4 Å². The lowest BCUT2D eigenvalue weighted by Gasteiger charge is -2.10. The zero-order chi connectivity index (χ0) is 11.2. The van der Waals surface area contributed by atoms with Crippen molar-refractivity contribution in [2.24, 2.45) is 5.92 Å². The molecule has 2 N–H and O–H groups in total. The number of nitrogens with one attached hydrogen (secondary N) is 2. The predicted octanol–water partition coefficient (Wildman–Crippen LogP) is 0.897. The van der Waals surface area contributed by atoms with E-state index in [1.54, 1.807) is 12.4 Å². The molecule has 1 aromatic rings. The van der Waals surface area contributed by atoms with Gasteiger partial charge in [0.15, 0.2) is 0 Å². The van der Waals surface area contributed by atoms with Crippen LogP contribution in [-0.2, 0) is 0 Å². The van der Waals surface area contributed by atoms with Crippen LogP contribution in [0.2, 0.25) is 0 Å². The number of rotatable bonds is 5. The van der Waals surface area contributed by atoms with Crippen molar-refractivity contribution in [2.45, 2.75) is 13.3 Å². The molecule has 1 aromatic heterocycles. The maximum absolute atomic E-state index is 5.29. The van der Waals surface area contributed by atoms with E-state index in [2.05, 4.69) is 20.6 Å². The van der Waals surface area contributed by atoms with Crippen LogP contribution in [0.5, 0.6) is 5.88 Å². The number of hydrogen-bond donors (Lipinski definition) is 2. The van der Waals surface area contributed by atoms with Gasteiger partial charge in [-0.15, -0.1) is 0 Å². The van der Waals surface area contributed by atoms with Gasteiger partial charge in [-0.1, -0.05) is 0 Å². The lowest BCUT2D eigenvalue weighted by Crippen LogP contribution is -2.17. The molecule has 1 unspecified atom stereocenters. The maximum Gasteiger partial charge on any atom is 0.234 e. The summed E-state index contributed by atoms with van der Waals surface area (Å²) in [7, 11) is 0. The molecular weight excluding hydrogens is 204 g/mol. The molecule has 88 valence electrons. The largest absolute Gasteiger partial charge is 0.477 e. The van der Waals surface area contributed by atoms with Crippen LogP contribution < -0.4 is 15.4 Å². The van der Waals surface area contributed by atoms with Crippen LogP contribution in [0.4, 0.5) is 5.82 Å². The van der Waals surface area contributed by atoms with Gasteiger partial charge in [0.1, 0.15) is 5.82 Å². The van der Waals surface area contributed by atoms with Gasteiger partial charge < -0.3 is 15.4 Å². The van der Waals surface area contributed by atoms with E-state index in [1.165, 1.54) is 6.42 Å². The lowest BCUT2D eigenvalue weighted by atomic mass is 10.1. The van der Waals surface area contributed by atoms with Crippen LogP contribution in [0.25, 0.3) is 0 Å². The third-order valence-electron chi connectivity index (χ3n) is 2.64. The first-order valence-corrected chi connectivity index (χ1v) is 5.78. The predicted molar refractivity (Wildman–Crippen MR) is 62.7 cm³/mol. The first-order valence-electron chi connectivity index (χ1n) is 5.78. The topological polar surface area (TPSA) is 59.1 Å². The summed E-state index contributed by atoms with van der Waals surface area (Å²) in [5.74, 6) is 2.06. The second kappa shape index (κ2) is 5.65. The lowest BCUT2D eigenvalue weighted by molar-refractivity contribution is 0.325. The Balaban J connectivity index is 1.85. The van der Waals surface area contributed by atoms with E-state index < -0.39 is 0 Å². The summed E-state index contributed by atoms with van der Waals surface area (Å²) >= 11 is 0. The molecule has 0 radical (unpaired) electrons. The Morgan fingerprint density at radius 2 is 2.50 bits per heavy atom. The molecule has 1 atom stereocenters. The summed E-state index contributed by atoms with van der Waals surface area (Å²) in [6, 6.07) is 0. The molecule has 0 aromatic carbocycles. The summed E-state index contributed by atoms with van der Waals surface area (Å²) in [5, 5.41) is 6.63. The average Bonchev–Trinajstić information content (AvgIpc) is 2.80. The van der Waals surface area contributed by atoms with Crippen LogP contribution in [0, 0.1) is 5.92 Å². The fraction of sp³-hybridized carbons (Fsp3) is 0.636. The summed E-state index contributed by atoms with van der Waals surface area (Å²) < 4.78 is 5.29. The molecule has 0 bridgehead atoms. The van der Waals surface area contributed by atoms with E-state index in [-0.39, 0.29) is 0 Å². The Bertz CT molecular complexity index is 326. The first-order chi connectivity index (χ1) is 7.88. The summed E-state index contributed by atoms with van der Waals surface area (Å²) in [6.45, 7) is 5.70. The fourth-order valence-corrected chi connectivity index (χ4v) is 1.79. The van der Waals surface area contributed by atoms with E-state index in [4.69, 9.17) is 4.74 Å². The Kier molecular flexibility index (Phi) is 3.93. The van der Waals surface area contributed by atoms with Crippen LogP contribution in [-0.4, -0.2) is 36.2 Å². The highest BCUT2D eigenvalue weighted by molar-refractivity contribution is 5.33. The van der Waals surface area contributed by atoms with Gasteiger partial charge in [0.2, 0.25) is 5.88 Å². The molecule has 0 spiro atoms. The Hall–Kier alpha value is -1.36. The van der Waals surface area contributed by atoms with E-state index in [0.717, 1.165) is 25.5 Å². The third-order valence-corrected chi connectivity index (χ3v) is 2.64. The van der Waals surface area contributed by atoms with Crippen molar-refractivity contribution in [3.05, 3.63) is 12.4 Å². The van der Waals surface area contributed by atoms with E-state index >= 15 is 0 Å². The zero-order valence-corrected chi connectivity index (χ0v) is 9.57. The van der Waals surface area contributed by atoms with Crippen molar-refractivity contribution in [3.63, 3.8) is 0 Å². The van der Waals surface area contributed by atoms with Gasteiger partial charge in [-0.3, -0.25) is 4.98 Å². The molecule has 0 amide bonds. The highest BCUT2D eigenvalue weighted by Crippen LogP contribution is 2.11. The number of nitrogens with zero attached hydrogens (tertiary/aromatic N) is 2. The molecule has 1 aliphatic rings. The number of ether oxygens (including phenoxy) is 1. The smallest absolute Gasteiger partial charge is 0.234 e. The zero-order valence-electron chi connectivity index (χ0n) is 9.57. The first kappa shape index (κ1) is 11.1. The SMILES string of the molecule is CCOc1cncc(NCC2CCNC2)n1. The standard InChI is InChI=1S/C11H18N4O/c1-2-16-11-8-13-7-10(15-11)14-6-9-3-4-12-5-9/h7-9,12H,2-6H2,1H3,(H,14,15). The van der Waals surface area contributed by atoms with Crippen molar-refractivity contribution < 1.29 is 4.74 Å². The fourth-order valence-electron chi connectivity index (χ4n) is 1.79. The Morgan fingerprint density at radius 1 is 1.56 bits per heavy atom. The van der Waals surface area contributed by atoms with E-state index in [0.29, 0.717) is 18.4 Å². The molecule has 1 aliphatic heterocycles. The van der Waals surface area contributed by atoms with Crippen LogP contribution in [0.3, 0.4) is 0 Å². The molecule has 1 saturated heterocycles. The minimum Gasteiger partial charge on any atom is -0.477 e. The van der Waals surface area contributed by atoms with Gasteiger partial charge in [0.05, 0.1) is 19.0 Å². The molecule has 2 rings (SSSR count). The number of anilines is 1. The minimum absolute atomic E-state index is 0.581. The van der Waals surface area contributed by atoms with Gasteiger partial charge in [0.25, 0.3) is 0 Å².